The number of nitrogens with zero attached hydrogens (tertiary/aromatic N) is 1. The van der Waals surface area contributed by atoms with Gasteiger partial charge in [-0.05, 0) is 33.4 Å². The first-order chi connectivity index (χ1) is 7.45. The Morgan fingerprint density at radius 1 is 1.38 bits per heavy atom. The van der Waals surface area contributed by atoms with Crippen LogP contribution in [0.25, 0.3) is 0 Å². The molecule has 1 aliphatic rings. The quantitative estimate of drug-likeness (QED) is 0.769. The summed E-state index contributed by atoms with van der Waals surface area (Å²) in [4.78, 5) is 2.29. The molecule has 1 N–H and O–H groups in total. The molecule has 1 saturated carbocycles. The largest absolute Gasteiger partial charge is 0.318 e. The highest BCUT2D eigenvalue weighted by Crippen LogP contribution is 2.26. The summed E-state index contributed by atoms with van der Waals surface area (Å²) in [6, 6.07) is 0.432. The summed E-state index contributed by atoms with van der Waals surface area (Å²) in [7, 11) is 1.17. The van der Waals surface area contributed by atoms with Gasteiger partial charge in [-0.25, -0.2) is 8.42 Å². The van der Waals surface area contributed by atoms with Gasteiger partial charge in [0.05, 0.1) is 5.25 Å². The summed E-state index contributed by atoms with van der Waals surface area (Å²) < 4.78 is 23.1. The maximum atomic E-state index is 11.5. The monoisotopic (exact) mass is 248 g/mol. The molecule has 1 aliphatic carbocycles. The Labute approximate surface area is 99.3 Å². The summed E-state index contributed by atoms with van der Waals surface area (Å²) in [5.41, 5.74) is 0. The Kier molecular flexibility index (Phi) is 5.21. The third-order valence-corrected chi connectivity index (χ3v) is 5.18. The average molecular weight is 248 g/mol. The highest BCUT2D eigenvalue weighted by molar-refractivity contribution is 7.91. The lowest BCUT2D eigenvalue weighted by Crippen LogP contribution is -2.42. The van der Waals surface area contributed by atoms with Crippen LogP contribution in [0.2, 0.25) is 0 Å². The van der Waals surface area contributed by atoms with E-state index in [-0.39, 0.29) is 5.25 Å². The van der Waals surface area contributed by atoms with Crippen molar-refractivity contribution < 1.29 is 8.42 Å². The number of hydrogen-bond acceptors (Lipinski definition) is 4. The summed E-state index contributed by atoms with van der Waals surface area (Å²) in [6.45, 7) is 1.94. The molecule has 0 aromatic heterocycles. The van der Waals surface area contributed by atoms with Crippen LogP contribution in [-0.2, 0) is 9.84 Å². The molecule has 0 heterocycles. The molecule has 0 saturated heterocycles. The molecule has 0 aromatic rings. The van der Waals surface area contributed by atoms with E-state index in [0.29, 0.717) is 6.04 Å². The summed E-state index contributed by atoms with van der Waals surface area (Å²) in [5, 5.41) is 3.00. The van der Waals surface area contributed by atoms with E-state index in [1.165, 1.54) is 6.26 Å². The number of sulfone groups is 1. The van der Waals surface area contributed by atoms with Gasteiger partial charge in [0.2, 0.25) is 0 Å². The molecule has 1 fully saturated rings. The molecule has 1 rings (SSSR count). The zero-order valence-corrected chi connectivity index (χ0v) is 11.4. The molecule has 0 aliphatic heterocycles. The first kappa shape index (κ1) is 13.9. The van der Waals surface area contributed by atoms with Gasteiger partial charge in [-0.2, -0.15) is 0 Å². The van der Waals surface area contributed by atoms with Crippen molar-refractivity contribution in [2.24, 2.45) is 0 Å². The lowest BCUT2D eigenvalue weighted by molar-refractivity contribution is 0.194. The highest BCUT2D eigenvalue weighted by atomic mass is 32.2. The molecule has 2 unspecified atom stereocenters. The average Bonchev–Trinajstić information content (AvgIpc) is 2.25. The lowest BCUT2D eigenvalue weighted by atomic mass is 9.94. The fraction of sp³-hybridized carbons (Fsp3) is 1.00. The molecular weight excluding hydrogens is 224 g/mol. The van der Waals surface area contributed by atoms with Gasteiger partial charge in [-0.3, -0.25) is 0 Å². The second-order valence-corrected chi connectivity index (χ2v) is 7.18. The van der Waals surface area contributed by atoms with Gasteiger partial charge < -0.3 is 10.2 Å². The van der Waals surface area contributed by atoms with Crippen molar-refractivity contribution >= 4 is 9.84 Å². The minimum atomic E-state index is -2.86. The van der Waals surface area contributed by atoms with E-state index in [1.54, 1.807) is 0 Å². The molecule has 4 nitrogen and oxygen atoms in total. The first-order valence-electron chi connectivity index (χ1n) is 5.99. The number of rotatable bonds is 5. The zero-order valence-electron chi connectivity index (χ0n) is 10.6. The van der Waals surface area contributed by atoms with E-state index in [9.17, 15) is 8.42 Å². The van der Waals surface area contributed by atoms with Crippen LogP contribution in [0.15, 0.2) is 0 Å². The second kappa shape index (κ2) is 5.98. The Morgan fingerprint density at radius 2 is 2.06 bits per heavy atom. The van der Waals surface area contributed by atoms with Crippen molar-refractivity contribution in [3.63, 3.8) is 0 Å². The third-order valence-electron chi connectivity index (χ3n) is 3.54. The van der Waals surface area contributed by atoms with E-state index in [0.717, 1.165) is 38.8 Å². The molecule has 0 bridgehead atoms. The minimum Gasteiger partial charge on any atom is -0.318 e. The van der Waals surface area contributed by atoms with Gasteiger partial charge in [-0.1, -0.05) is 6.42 Å². The molecule has 16 heavy (non-hydrogen) atoms. The molecule has 96 valence electrons. The Balaban J connectivity index is 2.50. The van der Waals surface area contributed by atoms with E-state index in [4.69, 9.17) is 0 Å². The maximum absolute atomic E-state index is 11.5. The van der Waals surface area contributed by atoms with Crippen molar-refractivity contribution in [2.75, 3.05) is 33.4 Å². The fourth-order valence-electron chi connectivity index (χ4n) is 2.38. The van der Waals surface area contributed by atoms with Crippen molar-refractivity contribution in [2.45, 2.75) is 37.0 Å². The molecule has 0 spiro atoms. The maximum Gasteiger partial charge on any atom is 0.150 e. The lowest BCUT2D eigenvalue weighted by Gasteiger charge is -2.34. The normalized spacial score (nSPS) is 27.2. The van der Waals surface area contributed by atoms with Crippen LogP contribution < -0.4 is 5.32 Å². The van der Waals surface area contributed by atoms with Gasteiger partial charge in [0.1, 0.15) is 9.84 Å². The van der Waals surface area contributed by atoms with Crippen LogP contribution in [0.5, 0.6) is 0 Å². The SMILES string of the molecule is CNCCN(C)C1CCCC(S(C)(=O)=O)C1. The third kappa shape index (κ3) is 4.03. The van der Waals surface area contributed by atoms with Crippen molar-refractivity contribution in [1.82, 2.24) is 10.2 Å². The first-order valence-corrected chi connectivity index (χ1v) is 7.94. The van der Waals surface area contributed by atoms with Crippen LogP contribution in [0.3, 0.4) is 0 Å². The molecule has 0 radical (unpaired) electrons. The minimum absolute atomic E-state index is 0.122. The van der Waals surface area contributed by atoms with Crippen LogP contribution in [0.1, 0.15) is 25.7 Å². The molecule has 0 aromatic carbocycles. The molecule has 2 atom stereocenters. The number of likely N-dealkylation sites (N-methyl/N-ethyl adjacent to an activating group) is 2. The highest BCUT2D eigenvalue weighted by Gasteiger charge is 2.30. The standard InChI is InChI=1S/C11H24N2O2S/c1-12-7-8-13(2)10-5-4-6-11(9-10)16(3,14)15/h10-12H,4-9H2,1-3H3. The summed E-state index contributed by atoms with van der Waals surface area (Å²) in [5.74, 6) is 0. The van der Waals surface area contributed by atoms with Gasteiger partial charge >= 0.3 is 0 Å². The van der Waals surface area contributed by atoms with Gasteiger partial charge in [0, 0.05) is 25.4 Å². The Morgan fingerprint density at radius 3 is 2.62 bits per heavy atom. The van der Waals surface area contributed by atoms with Crippen molar-refractivity contribution in [1.29, 1.82) is 0 Å². The van der Waals surface area contributed by atoms with E-state index in [1.807, 2.05) is 7.05 Å². The van der Waals surface area contributed by atoms with Crippen molar-refractivity contribution in [3.05, 3.63) is 0 Å². The Bertz CT molecular complexity index is 303. The second-order valence-electron chi connectivity index (χ2n) is 4.86. The summed E-state index contributed by atoms with van der Waals surface area (Å²) in [6.07, 6.45) is 5.18. The smallest absolute Gasteiger partial charge is 0.150 e. The van der Waals surface area contributed by atoms with E-state index < -0.39 is 9.84 Å². The van der Waals surface area contributed by atoms with Gasteiger partial charge in [0.15, 0.2) is 0 Å². The van der Waals surface area contributed by atoms with Crippen molar-refractivity contribution in [3.8, 4) is 0 Å². The molecule has 5 heteroatoms. The Hall–Kier alpha value is -0.130. The number of hydrogen-bond donors (Lipinski definition) is 1. The number of nitrogens with one attached hydrogen (secondary N) is 1. The van der Waals surface area contributed by atoms with Gasteiger partial charge in [0.25, 0.3) is 0 Å². The predicted octanol–water partition coefficient (Wildman–Crippen LogP) is 0.493. The topological polar surface area (TPSA) is 49.4 Å². The molecular formula is C11H24N2O2S. The van der Waals surface area contributed by atoms with Crippen LogP contribution >= 0.6 is 0 Å². The van der Waals surface area contributed by atoms with E-state index in [2.05, 4.69) is 17.3 Å². The zero-order chi connectivity index (χ0) is 12.2. The fourth-order valence-corrected chi connectivity index (χ4v) is 3.55. The van der Waals surface area contributed by atoms with Crippen LogP contribution in [0, 0.1) is 0 Å². The van der Waals surface area contributed by atoms with Gasteiger partial charge in [-0.15, -0.1) is 0 Å². The van der Waals surface area contributed by atoms with E-state index >= 15 is 0 Å². The molecule has 0 amide bonds. The van der Waals surface area contributed by atoms with Crippen LogP contribution in [-0.4, -0.2) is 58.1 Å². The van der Waals surface area contributed by atoms with Crippen LogP contribution in [0.4, 0.5) is 0 Å². The summed E-state index contributed by atoms with van der Waals surface area (Å²) >= 11 is 0. The predicted molar refractivity (Wildman–Crippen MR) is 67.4 cm³/mol.